The van der Waals surface area contributed by atoms with Gasteiger partial charge in [-0.05, 0) is 30.4 Å². The summed E-state index contributed by atoms with van der Waals surface area (Å²) in [5.41, 5.74) is 0. The van der Waals surface area contributed by atoms with E-state index in [2.05, 4.69) is 23.7 Å². The summed E-state index contributed by atoms with van der Waals surface area (Å²) in [4.78, 5) is 0. The SMILES string of the molecule is OC/C=C/C#CC#C/C=C/C=C\[C@H](O)CCO. The molecule has 3 nitrogen and oxygen atoms in total. The average molecular weight is 232 g/mol. The van der Waals surface area contributed by atoms with Gasteiger partial charge in [-0.25, -0.2) is 0 Å². The van der Waals surface area contributed by atoms with Crippen LogP contribution >= 0.6 is 0 Å². The zero-order chi connectivity index (χ0) is 12.8. The highest BCUT2D eigenvalue weighted by atomic mass is 16.3. The lowest BCUT2D eigenvalue weighted by Gasteiger charge is -1.98. The second-order valence-corrected chi connectivity index (χ2v) is 2.95. The molecule has 0 aromatic heterocycles. The third-order valence-corrected chi connectivity index (χ3v) is 1.56. The van der Waals surface area contributed by atoms with Crippen LogP contribution in [0.5, 0.6) is 0 Å². The van der Waals surface area contributed by atoms with Crippen molar-refractivity contribution >= 4 is 0 Å². The summed E-state index contributed by atoms with van der Waals surface area (Å²) in [5, 5.41) is 26.1. The fraction of sp³-hybridized carbons (Fsp3) is 0.286. The van der Waals surface area contributed by atoms with Crippen LogP contribution in [-0.4, -0.2) is 34.6 Å². The van der Waals surface area contributed by atoms with Gasteiger partial charge in [0.25, 0.3) is 0 Å². The van der Waals surface area contributed by atoms with Gasteiger partial charge in [0.15, 0.2) is 0 Å². The number of aliphatic hydroxyl groups is 3. The third kappa shape index (κ3) is 12.2. The molecule has 17 heavy (non-hydrogen) atoms. The van der Waals surface area contributed by atoms with Gasteiger partial charge >= 0.3 is 0 Å². The van der Waals surface area contributed by atoms with Crippen LogP contribution in [0.4, 0.5) is 0 Å². The van der Waals surface area contributed by atoms with Gasteiger partial charge < -0.3 is 15.3 Å². The van der Waals surface area contributed by atoms with Crippen LogP contribution in [0.1, 0.15) is 6.42 Å². The molecule has 0 aliphatic heterocycles. The monoisotopic (exact) mass is 232 g/mol. The van der Waals surface area contributed by atoms with E-state index in [0.29, 0.717) is 6.42 Å². The van der Waals surface area contributed by atoms with E-state index in [1.165, 1.54) is 12.2 Å². The van der Waals surface area contributed by atoms with Crippen molar-refractivity contribution in [3.63, 3.8) is 0 Å². The molecule has 0 amide bonds. The van der Waals surface area contributed by atoms with Crippen molar-refractivity contribution in [1.29, 1.82) is 0 Å². The average Bonchev–Trinajstić information content (AvgIpc) is 2.32. The molecule has 0 fully saturated rings. The highest BCUT2D eigenvalue weighted by molar-refractivity contribution is 5.34. The van der Waals surface area contributed by atoms with Crippen molar-refractivity contribution in [3.8, 4) is 23.7 Å². The smallest absolute Gasteiger partial charge is 0.0745 e. The van der Waals surface area contributed by atoms with Gasteiger partial charge in [-0.3, -0.25) is 0 Å². The highest BCUT2D eigenvalue weighted by Gasteiger charge is 1.93. The van der Waals surface area contributed by atoms with Gasteiger partial charge in [-0.1, -0.05) is 36.1 Å². The lowest BCUT2D eigenvalue weighted by molar-refractivity contribution is 0.170. The van der Waals surface area contributed by atoms with Crippen LogP contribution in [0.3, 0.4) is 0 Å². The summed E-state index contributed by atoms with van der Waals surface area (Å²) in [5.74, 6) is 10.5. The van der Waals surface area contributed by atoms with Gasteiger partial charge in [0.05, 0.1) is 12.7 Å². The van der Waals surface area contributed by atoms with Crippen LogP contribution in [0, 0.1) is 23.7 Å². The van der Waals surface area contributed by atoms with Crippen molar-refractivity contribution in [2.75, 3.05) is 13.2 Å². The molecule has 3 heteroatoms. The van der Waals surface area contributed by atoms with Gasteiger partial charge in [-0.15, -0.1) is 0 Å². The molecule has 0 unspecified atom stereocenters. The van der Waals surface area contributed by atoms with Gasteiger partial charge in [0, 0.05) is 6.61 Å². The second-order valence-electron chi connectivity index (χ2n) is 2.95. The van der Waals surface area contributed by atoms with Gasteiger partial charge in [-0.2, -0.15) is 0 Å². The van der Waals surface area contributed by atoms with Crippen molar-refractivity contribution in [2.45, 2.75) is 12.5 Å². The zero-order valence-electron chi connectivity index (χ0n) is 9.50. The maximum atomic E-state index is 9.21. The molecule has 0 aromatic rings. The summed E-state index contributed by atoms with van der Waals surface area (Å²) in [6.07, 6.45) is 9.28. The van der Waals surface area contributed by atoms with Crippen molar-refractivity contribution in [1.82, 2.24) is 0 Å². The topological polar surface area (TPSA) is 60.7 Å². The summed E-state index contributed by atoms with van der Waals surface area (Å²) < 4.78 is 0. The predicted molar refractivity (Wildman–Crippen MR) is 67.8 cm³/mol. The Balaban J connectivity index is 3.90. The second kappa shape index (κ2) is 12.3. The Hall–Kier alpha value is -1.78. The summed E-state index contributed by atoms with van der Waals surface area (Å²) >= 11 is 0. The Bertz CT molecular complexity index is 383. The predicted octanol–water partition coefficient (Wildman–Crippen LogP) is 0.397. The Morgan fingerprint density at radius 1 is 1.00 bits per heavy atom. The standard InChI is InChI=1S/C14H16O3/c15-12-9-7-5-3-1-2-4-6-8-10-14(17)11-13-16/h4,6-10,14-17H,11-13H2/b6-4+,9-7+,10-8-/t14-/m0/s1. The molecule has 1 atom stereocenters. The first-order valence-corrected chi connectivity index (χ1v) is 5.20. The number of allylic oxidation sites excluding steroid dienone is 4. The summed E-state index contributed by atoms with van der Waals surface area (Å²) in [7, 11) is 0. The van der Waals surface area contributed by atoms with E-state index in [1.807, 2.05) is 0 Å². The highest BCUT2D eigenvalue weighted by Crippen LogP contribution is 1.91. The molecule has 0 bridgehead atoms. The molecule has 0 radical (unpaired) electrons. The van der Waals surface area contributed by atoms with E-state index in [-0.39, 0.29) is 13.2 Å². The van der Waals surface area contributed by atoms with Crippen LogP contribution in [0.15, 0.2) is 36.5 Å². The van der Waals surface area contributed by atoms with Crippen molar-refractivity contribution < 1.29 is 15.3 Å². The van der Waals surface area contributed by atoms with Crippen LogP contribution in [-0.2, 0) is 0 Å². The molecule has 0 spiro atoms. The molecule has 0 aliphatic rings. The Morgan fingerprint density at radius 3 is 2.35 bits per heavy atom. The number of aliphatic hydroxyl groups excluding tert-OH is 3. The van der Waals surface area contributed by atoms with Gasteiger partial charge in [0.2, 0.25) is 0 Å². The minimum absolute atomic E-state index is 0.0248. The van der Waals surface area contributed by atoms with E-state index < -0.39 is 6.10 Å². The minimum Gasteiger partial charge on any atom is -0.396 e. The quantitative estimate of drug-likeness (QED) is 0.475. The normalized spacial score (nSPS) is 12.4. The lowest BCUT2D eigenvalue weighted by Crippen LogP contribution is -2.03. The minimum atomic E-state index is -0.624. The molecular weight excluding hydrogens is 216 g/mol. The lowest BCUT2D eigenvalue weighted by atomic mass is 10.2. The largest absolute Gasteiger partial charge is 0.396 e. The molecule has 0 aromatic carbocycles. The molecule has 3 N–H and O–H groups in total. The third-order valence-electron chi connectivity index (χ3n) is 1.56. The van der Waals surface area contributed by atoms with Gasteiger partial charge in [0.1, 0.15) is 0 Å². The Kier molecular flexibility index (Phi) is 11.0. The van der Waals surface area contributed by atoms with E-state index in [9.17, 15) is 5.11 Å². The van der Waals surface area contributed by atoms with E-state index >= 15 is 0 Å². The van der Waals surface area contributed by atoms with Crippen molar-refractivity contribution in [2.24, 2.45) is 0 Å². The van der Waals surface area contributed by atoms with E-state index in [0.717, 1.165) is 0 Å². The Morgan fingerprint density at radius 2 is 1.71 bits per heavy atom. The first-order valence-electron chi connectivity index (χ1n) is 5.20. The molecule has 0 aliphatic carbocycles. The first kappa shape index (κ1) is 15.2. The van der Waals surface area contributed by atoms with Crippen molar-refractivity contribution in [3.05, 3.63) is 36.5 Å². The molecule has 0 saturated carbocycles. The van der Waals surface area contributed by atoms with Crippen LogP contribution < -0.4 is 0 Å². The number of rotatable bonds is 5. The molecule has 90 valence electrons. The van der Waals surface area contributed by atoms with Crippen LogP contribution in [0.2, 0.25) is 0 Å². The molecule has 0 heterocycles. The molecule has 0 saturated heterocycles. The fourth-order valence-corrected chi connectivity index (χ4v) is 0.792. The first-order chi connectivity index (χ1) is 8.31. The van der Waals surface area contributed by atoms with E-state index in [1.54, 1.807) is 24.3 Å². The molecule has 0 rings (SSSR count). The Labute approximate surface area is 102 Å². The summed E-state index contributed by atoms with van der Waals surface area (Å²) in [6.45, 7) is -0.0606. The zero-order valence-corrected chi connectivity index (χ0v) is 9.50. The number of hydrogen-bond donors (Lipinski definition) is 3. The van der Waals surface area contributed by atoms with Crippen LogP contribution in [0.25, 0.3) is 0 Å². The van der Waals surface area contributed by atoms with E-state index in [4.69, 9.17) is 10.2 Å². The summed E-state index contributed by atoms with van der Waals surface area (Å²) in [6, 6.07) is 0. The fourth-order valence-electron chi connectivity index (χ4n) is 0.792. The maximum Gasteiger partial charge on any atom is 0.0745 e. The molecular formula is C14H16O3. The maximum absolute atomic E-state index is 9.21. The number of hydrogen-bond acceptors (Lipinski definition) is 3.